The van der Waals surface area contributed by atoms with Crippen molar-refractivity contribution in [2.75, 3.05) is 19.6 Å². The van der Waals surface area contributed by atoms with Gasteiger partial charge < -0.3 is 5.32 Å². The molecule has 1 N–H and O–H groups in total. The lowest BCUT2D eigenvalue weighted by atomic mass is 9.89. The van der Waals surface area contributed by atoms with Gasteiger partial charge in [-0.15, -0.1) is 0 Å². The highest BCUT2D eigenvalue weighted by Crippen LogP contribution is 2.29. The lowest BCUT2D eigenvalue weighted by Gasteiger charge is -2.42. The van der Waals surface area contributed by atoms with Gasteiger partial charge in [0.2, 0.25) is 0 Å². The van der Waals surface area contributed by atoms with Gasteiger partial charge in [0.1, 0.15) is 0 Å². The third-order valence-corrected chi connectivity index (χ3v) is 4.98. The molecule has 2 nitrogen and oxygen atoms in total. The summed E-state index contributed by atoms with van der Waals surface area (Å²) in [5, 5.41) is 3.60. The molecular weight excluding hydrogens is 232 g/mol. The second-order valence-electron chi connectivity index (χ2n) is 6.12. The van der Waals surface area contributed by atoms with Gasteiger partial charge in [0.25, 0.3) is 0 Å². The Labute approximate surface area is 117 Å². The molecule has 0 aromatic heterocycles. The van der Waals surface area contributed by atoms with Gasteiger partial charge in [0.15, 0.2) is 0 Å². The summed E-state index contributed by atoms with van der Waals surface area (Å²) in [5.74, 6) is 0.901. The summed E-state index contributed by atoms with van der Waals surface area (Å²) in [6.45, 7) is 6.09. The molecule has 2 heterocycles. The predicted octanol–water partition coefficient (Wildman–Crippen LogP) is 2.69. The summed E-state index contributed by atoms with van der Waals surface area (Å²) in [6.07, 6.45) is 5.28. The van der Waals surface area contributed by atoms with E-state index in [9.17, 15) is 0 Å². The molecular formula is C17H26N2. The topological polar surface area (TPSA) is 15.3 Å². The van der Waals surface area contributed by atoms with E-state index >= 15 is 0 Å². The minimum absolute atomic E-state index is 0.718. The van der Waals surface area contributed by atoms with Crippen LogP contribution in [0.5, 0.6) is 0 Å². The lowest BCUT2D eigenvalue weighted by molar-refractivity contribution is 0.0747. The molecule has 1 aromatic rings. The highest BCUT2D eigenvalue weighted by Gasteiger charge is 2.37. The molecule has 3 atom stereocenters. The summed E-state index contributed by atoms with van der Waals surface area (Å²) >= 11 is 0. The molecule has 0 aliphatic carbocycles. The largest absolute Gasteiger partial charge is 0.315 e. The number of rotatable bonds is 4. The fraction of sp³-hybridized carbons (Fsp3) is 0.647. The van der Waals surface area contributed by atoms with Crippen molar-refractivity contribution in [3.8, 4) is 0 Å². The van der Waals surface area contributed by atoms with Gasteiger partial charge in [-0.1, -0.05) is 37.3 Å². The molecule has 0 saturated carbocycles. The van der Waals surface area contributed by atoms with Gasteiger partial charge in [-0.05, 0) is 50.3 Å². The maximum absolute atomic E-state index is 3.60. The Bertz CT molecular complexity index is 390. The van der Waals surface area contributed by atoms with E-state index < -0.39 is 0 Å². The summed E-state index contributed by atoms with van der Waals surface area (Å²) in [4.78, 5) is 2.81. The Morgan fingerprint density at radius 2 is 2.11 bits per heavy atom. The standard InChI is InChI=1S/C17H26N2/c1-2-16(11-14-7-4-3-5-8-14)19-10-6-9-15-12-18-13-17(15)19/h3-5,7-8,15-18H,2,6,9-13H2,1H3. The average Bonchev–Trinajstić information content (AvgIpc) is 2.94. The zero-order valence-corrected chi connectivity index (χ0v) is 12.0. The maximum Gasteiger partial charge on any atom is 0.0264 e. The fourth-order valence-corrected chi connectivity index (χ4v) is 3.94. The monoisotopic (exact) mass is 258 g/mol. The first-order chi connectivity index (χ1) is 9.38. The second-order valence-corrected chi connectivity index (χ2v) is 6.12. The van der Waals surface area contributed by atoms with Crippen LogP contribution in [0.1, 0.15) is 31.7 Å². The Balaban J connectivity index is 1.70. The van der Waals surface area contributed by atoms with Gasteiger partial charge in [0, 0.05) is 18.6 Å². The quantitative estimate of drug-likeness (QED) is 0.893. The van der Waals surface area contributed by atoms with Crippen LogP contribution < -0.4 is 5.32 Å². The second kappa shape index (κ2) is 6.06. The Kier molecular flexibility index (Phi) is 4.19. The Morgan fingerprint density at radius 1 is 1.26 bits per heavy atom. The molecule has 2 fully saturated rings. The van der Waals surface area contributed by atoms with Gasteiger partial charge in [-0.2, -0.15) is 0 Å². The van der Waals surface area contributed by atoms with E-state index in [-0.39, 0.29) is 0 Å². The number of fused-ring (bicyclic) bond motifs is 1. The first-order valence-electron chi connectivity index (χ1n) is 7.89. The van der Waals surface area contributed by atoms with Crippen LogP contribution in [-0.4, -0.2) is 36.6 Å². The molecule has 1 aromatic carbocycles. The number of hydrogen-bond donors (Lipinski definition) is 1. The molecule has 19 heavy (non-hydrogen) atoms. The van der Waals surface area contributed by atoms with Crippen molar-refractivity contribution < 1.29 is 0 Å². The Morgan fingerprint density at radius 3 is 2.89 bits per heavy atom. The van der Waals surface area contributed by atoms with E-state index in [0.29, 0.717) is 0 Å². The number of likely N-dealkylation sites (tertiary alicyclic amines) is 1. The zero-order valence-electron chi connectivity index (χ0n) is 12.0. The normalized spacial score (nSPS) is 29.1. The van der Waals surface area contributed by atoms with Gasteiger partial charge in [-0.3, -0.25) is 4.90 Å². The molecule has 3 unspecified atom stereocenters. The SMILES string of the molecule is CCC(Cc1ccccc1)N1CCCC2CNCC21. The van der Waals surface area contributed by atoms with E-state index in [0.717, 1.165) is 18.0 Å². The first kappa shape index (κ1) is 13.1. The minimum Gasteiger partial charge on any atom is -0.315 e. The summed E-state index contributed by atoms with van der Waals surface area (Å²) in [5.41, 5.74) is 1.49. The minimum atomic E-state index is 0.718. The van der Waals surface area contributed by atoms with Crippen LogP contribution in [0.25, 0.3) is 0 Å². The van der Waals surface area contributed by atoms with Crippen LogP contribution in [0.4, 0.5) is 0 Å². The highest BCUT2D eigenvalue weighted by atomic mass is 15.2. The molecule has 3 rings (SSSR count). The Hall–Kier alpha value is -0.860. The molecule has 104 valence electrons. The molecule has 0 amide bonds. The first-order valence-corrected chi connectivity index (χ1v) is 7.89. The number of hydrogen-bond acceptors (Lipinski definition) is 2. The third-order valence-electron chi connectivity index (χ3n) is 4.98. The maximum atomic E-state index is 3.60. The molecule has 2 saturated heterocycles. The zero-order chi connectivity index (χ0) is 13.1. The number of nitrogens with one attached hydrogen (secondary N) is 1. The fourth-order valence-electron chi connectivity index (χ4n) is 3.94. The van der Waals surface area contributed by atoms with Crippen LogP contribution >= 0.6 is 0 Å². The van der Waals surface area contributed by atoms with Gasteiger partial charge in [-0.25, -0.2) is 0 Å². The van der Waals surface area contributed by atoms with Crippen LogP contribution in [-0.2, 0) is 6.42 Å². The highest BCUT2D eigenvalue weighted by molar-refractivity contribution is 5.16. The number of piperidine rings is 1. The van der Waals surface area contributed by atoms with Crippen LogP contribution in [0, 0.1) is 5.92 Å². The van der Waals surface area contributed by atoms with E-state index in [1.807, 2.05) is 0 Å². The van der Waals surface area contributed by atoms with E-state index in [4.69, 9.17) is 0 Å². The lowest BCUT2D eigenvalue weighted by Crippen LogP contribution is -2.51. The molecule has 2 aliphatic rings. The van der Waals surface area contributed by atoms with Crippen molar-refractivity contribution in [1.82, 2.24) is 10.2 Å². The van der Waals surface area contributed by atoms with Crippen molar-refractivity contribution >= 4 is 0 Å². The molecule has 0 spiro atoms. The van der Waals surface area contributed by atoms with Crippen molar-refractivity contribution in [2.24, 2.45) is 5.92 Å². The van der Waals surface area contributed by atoms with E-state index in [2.05, 4.69) is 47.5 Å². The summed E-state index contributed by atoms with van der Waals surface area (Å²) in [6, 6.07) is 12.5. The number of benzene rings is 1. The van der Waals surface area contributed by atoms with Crippen molar-refractivity contribution in [3.63, 3.8) is 0 Å². The summed E-state index contributed by atoms with van der Waals surface area (Å²) < 4.78 is 0. The van der Waals surface area contributed by atoms with Crippen LogP contribution in [0.3, 0.4) is 0 Å². The van der Waals surface area contributed by atoms with Crippen molar-refractivity contribution in [3.05, 3.63) is 35.9 Å². The molecule has 2 heteroatoms. The third kappa shape index (κ3) is 2.85. The van der Waals surface area contributed by atoms with Crippen molar-refractivity contribution in [1.29, 1.82) is 0 Å². The number of nitrogens with zero attached hydrogens (tertiary/aromatic N) is 1. The summed E-state index contributed by atoms with van der Waals surface area (Å²) in [7, 11) is 0. The van der Waals surface area contributed by atoms with Crippen LogP contribution in [0.2, 0.25) is 0 Å². The van der Waals surface area contributed by atoms with E-state index in [1.165, 1.54) is 50.9 Å². The smallest absolute Gasteiger partial charge is 0.0264 e. The average molecular weight is 258 g/mol. The van der Waals surface area contributed by atoms with Gasteiger partial charge >= 0.3 is 0 Å². The molecule has 0 radical (unpaired) electrons. The molecule has 0 bridgehead atoms. The van der Waals surface area contributed by atoms with Gasteiger partial charge in [0.05, 0.1) is 0 Å². The van der Waals surface area contributed by atoms with Crippen LogP contribution in [0.15, 0.2) is 30.3 Å². The molecule has 2 aliphatic heterocycles. The van der Waals surface area contributed by atoms with Crippen molar-refractivity contribution in [2.45, 2.75) is 44.7 Å². The van der Waals surface area contributed by atoms with E-state index in [1.54, 1.807) is 0 Å². The predicted molar refractivity (Wildman–Crippen MR) is 80.3 cm³/mol.